The zero-order valence-corrected chi connectivity index (χ0v) is 23.1. The molecule has 6 aromatic rings. The third-order valence-corrected chi connectivity index (χ3v) is 11.2. The zero-order chi connectivity index (χ0) is 25.4. The Labute approximate surface area is 225 Å². The van der Waals surface area contributed by atoms with Gasteiger partial charge in [-0.2, -0.15) is 0 Å². The van der Waals surface area contributed by atoms with Gasteiger partial charge in [0.1, 0.15) is 10.0 Å². The van der Waals surface area contributed by atoms with Gasteiger partial charge >= 0.3 is 0 Å². The van der Waals surface area contributed by atoms with E-state index in [-0.39, 0.29) is 10.8 Å². The summed E-state index contributed by atoms with van der Waals surface area (Å²) in [5, 5.41) is 2.32. The third kappa shape index (κ3) is 2.91. The van der Waals surface area contributed by atoms with E-state index in [2.05, 4.69) is 125 Å². The summed E-state index contributed by atoms with van der Waals surface area (Å²) in [6, 6.07) is 35.0. The minimum atomic E-state index is -0.394. The number of para-hydroxylation sites is 2. The summed E-state index contributed by atoms with van der Waals surface area (Å²) in [6.07, 6.45) is 0. The molecule has 182 valence electrons. The maximum atomic E-state index is 5.27. The van der Waals surface area contributed by atoms with Gasteiger partial charge in [-0.15, -0.1) is 22.7 Å². The van der Waals surface area contributed by atoms with Gasteiger partial charge in [-0.1, -0.05) is 100 Å². The summed E-state index contributed by atoms with van der Waals surface area (Å²) in [5.41, 5.74) is 6.46. The lowest BCUT2D eigenvalue weighted by Crippen LogP contribution is -2.57. The number of nitrogens with zero attached hydrogens (tertiary/aromatic N) is 2. The van der Waals surface area contributed by atoms with E-state index >= 15 is 0 Å². The third-order valence-electron chi connectivity index (χ3n) is 8.48. The topological polar surface area (TPSA) is 25.8 Å². The quantitative estimate of drug-likeness (QED) is 0.233. The molecule has 0 saturated carbocycles. The molecule has 37 heavy (non-hydrogen) atoms. The van der Waals surface area contributed by atoms with Gasteiger partial charge in [-0.05, 0) is 46.5 Å². The molecule has 2 nitrogen and oxygen atoms in total. The first-order valence-electron chi connectivity index (χ1n) is 12.8. The van der Waals surface area contributed by atoms with Crippen molar-refractivity contribution in [3.05, 3.63) is 118 Å². The normalized spacial score (nSPS) is 14.7. The predicted molar refractivity (Wildman–Crippen MR) is 158 cm³/mol. The molecule has 0 fully saturated rings. The van der Waals surface area contributed by atoms with Crippen LogP contribution in [0.2, 0.25) is 0 Å². The van der Waals surface area contributed by atoms with Gasteiger partial charge in [0.15, 0.2) is 0 Å². The summed E-state index contributed by atoms with van der Waals surface area (Å²) in [7, 11) is 0. The van der Waals surface area contributed by atoms with Crippen LogP contribution in [0.5, 0.6) is 0 Å². The number of rotatable bonds is 4. The summed E-state index contributed by atoms with van der Waals surface area (Å²) in [4.78, 5) is 10.5. The highest BCUT2D eigenvalue weighted by Crippen LogP contribution is 2.66. The van der Waals surface area contributed by atoms with Crippen molar-refractivity contribution in [3.63, 3.8) is 0 Å². The van der Waals surface area contributed by atoms with Crippen molar-refractivity contribution in [1.29, 1.82) is 0 Å². The van der Waals surface area contributed by atoms with E-state index in [9.17, 15) is 0 Å². The van der Waals surface area contributed by atoms with Crippen LogP contribution < -0.4 is 0 Å². The monoisotopic (exact) mass is 516 g/mol. The molecule has 1 aliphatic rings. The average molecular weight is 517 g/mol. The molecule has 0 N–H and O–H groups in total. The van der Waals surface area contributed by atoms with Crippen LogP contribution in [0.1, 0.15) is 48.8 Å². The second kappa shape index (κ2) is 7.83. The predicted octanol–water partition coefficient (Wildman–Crippen LogP) is 9.13. The van der Waals surface area contributed by atoms with Gasteiger partial charge in [0.25, 0.3) is 0 Å². The largest absolute Gasteiger partial charge is 0.241 e. The molecule has 0 radical (unpaired) electrons. The lowest BCUT2D eigenvalue weighted by molar-refractivity contribution is 0.191. The van der Waals surface area contributed by atoms with E-state index < -0.39 is 5.41 Å². The van der Waals surface area contributed by atoms with Crippen molar-refractivity contribution in [2.75, 3.05) is 0 Å². The van der Waals surface area contributed by atoms with Crippen molar-refractivity contribution < 1.29 is 0 Å². The smallest absolute Gasteiger partial charge is 0.101 e. The molecule has 0 spiro atoms. The number of thiazole rings is 2. The Morgan fingerprint density at radius 3 is 1.32 bits per heavy atom. The molecular weight excluding hydrogens is 489 g/mol. The number of aromatic nitrogens is 2. The SMILES string of the molecule is CC(C)(c1nc2ccccc2s1)C1(C(C)(C)c2nc3ccccc3s2)c2ccccc2-c2ccccc21. The van der Waals surface area contributed by atoms with E-state index in [0.717, 1.165) is 21.0 Å². The highest BCUT2D eigenvalue weighted by molar-refractivity contribution is 7.19. The van der Waals surface area contributed by atoms with Crippen LogP contribution in [0.4, 0.5) is 0 Å². The van der Waals surface area contributed by atoms with Crippen molar-refractivity contribution in [3.8, 4) is 11.1 Å². The first-order chi connectivity index (χ1) is 17.9. The molecule has 4 heteroatoms. The van der Waals surface area contributed by atoms with Crippen molar-refractivity contribution in [2.24, 2.45) is 0 Å². The fourth-order valence-corrected chi connectivity index (χ4v) is 9.21. The lowest BCUT2D eigenvalue weighted by Gasteiger charge is -2.54. The van der Waals surface area contributed by atoms with Crippen LogP contribution in [0.25, 0.3) is 31.6 Å². The van der Waals surface area contributed by atoms with Gasteiger partial charge < -0.3 is 0 Å². The van der Waals surface area contributed by atoms with E-state index in [4.69, 9.17) is 9.97 Å². The summed E-state index contributed by atoms with van der Waals surface area (Å²) >= 11 is 3.65. The van der Waals surface area contributed by atoms with E-state index in [1.165, 1.54) is 31.7 Å². The number of fused-ring (bicyclic) bond motifs is 5. The first-order valence-corrected chi connectivity index (χ1v) is 14.4. The molecular formula is C33H28N2S2. The molecule has 0 aliphatic heterocycles. The average Bonchev–Trinajstić information content (AvgIpc) is 3.62. The first kappa shape index (κ1) is 22.8. The molecule has 0 bridgehead atoms. The molecule has 7 rings (SSSR count). The highest BCUT2D eigenvalue weighted by Gasteiger charge is 2.63. The van der Waals surface area contributed by atoms with Gasteiger partial charge in [0, 0.05) is 16.2 Å². The molecule has 4 aromatic carbocycles. The van der Waals surface area contributed by atoms with Crippen LogP contribution in [0.3, 0.4) is 0 Å². The van der Waals surface area contributed by atoms with Crippen LogP contribution in [0.15, 0.2) is 97.1 Å². The molecule has 0 unspecified atom stereocenters. The Morgan fingerprint density at radius 1 is 0.514 bits per heavy atom. The van der Waals surface area contributed by atoms with Crippen molar-refractivity contribution in [1.82, 2.24) is 9.97 Å². The Balaban J connectivity index is 1.61. The molecule has 0 atom stereocenters. The Bertz CT molecular complexity index is 1600. The van der Waals surface area contributed by atoms with Crippen LogP contribution in [0, 0.1) is 0 Å². The fourth-order valence-electron chi connectivity index (χ4n) is 6.96. The Kier molecular flexibility index (Phi) is 4.83. The highest BCUT2D eigenvalue weighted by atomic mass is 32.1. The van der Waals surface area contributed by atoms with Gasteiger partial charge in [-0.3, -0.25) is 0 Å². The van der Waals surface area contributed by atoms with Gasteiger partial charge in [0.2, 0.25) is 0 Å². The Morgan fingerprint density at radius 2 is 0.892 bits per heavy atom. The van der Waals surface area contributed by atoms with Crippen molar-refractivity contribution in [2.45, 2.75) is 43.9 Å². The maximum absolute atomic E-state index is 5.27. The van der Waals surface area contributed by atoms with E-state index in [1.54, 1.807) is 0 Å². The fraction of sp³-hybridized carbons (Fsp3) is 0.212. The van der Waals surface area contributed by atoms with Gasteiger partial charge in [-0.25, -0.2) is 9.97 Å². The van der Waals surface area contributed by atoms with Crippen LogP contribution in [-0.4, -0.2) is 9.97 Å². The van der Waals surface area contributed by atoms with Crippen molar-refractivity contribution >= 4 is 43.1 Å². The maximum Gasteiger partial charge on any atom is 0.101 e. The molecule has 0 amide bonds. The number of benzene rings is 4. The second-order valence-electron chi connectivity index (χ2n) is 11.1. The molecule has 1 aliphatic carbocycles. The second-order valence-corrected chi connectivity index (χ2v) is 13.1. The molecule has 0 saturated heterocycles. The number of hydrogen-bond donors (Lipinski definition) is 0. The van der Waals surface area contributed by atoms with Crippen LogP contribution in [-0.2, 0) is 16.2 Å². The lowest BCUT2D eigenvalue weighted by atomic mass is 9.49. The minimum absolute atomic E-state index is 0.333. The van der Waals surface area contributed by atoms with Crippen LogP contribution >= 0.6 is 22.7 Å². The summed E-state index contributed by atoms with van der Waals surface area (Å²) in [6.45, 7) is 9.61. The number of hydrogen-bond acceptors (Lipinski definition) is 4. The summed E-state index contributed by atoms with van der Waals surface area (Å²) < 4.78 is 2.47. The molecule has 2 aromatic heterocycles. The Hall–Kier alpha value is -3.34. The summed E-state index contributed by atoms with van der Waals surface area (Å²) in [5.74, 6) is 0. The zero-order valence-electron chi connectivity index (χ0n) is 21.4. The van der Waals surface area contributed by atoms with E-state index in [1.807, 2.05) is 22.7 Å². The van der Waals surface area contributed by atoms with E-state index in [0.29, 0.717) is 0 Å². The minimum Gasteiger partial charge on any atom is -0.241 e. The van der Waals surface area contributed by atoms with Gasteiger partial charge in [0.05, 0.1) is 20.4 Å². The molecule has 2 heterocycles. The standard InChI is InChI=1S/C33H28N2S2/c1-31(2,29-34-25-17-9-11-19-27(25)36-29)33(32(3,4)30-35-26-18-10-12-20-28(26)37-30)23-15-7-5-13-21(23)22-14-6-8-16-24(22)33/h5-20H,1-4H3.